The molecule has 3 aromatic rings. The fraction of sp³-hybridized carbons (Fsp3) is 0.200. The van der Waals surface area contributed by atoms with Gasteiger partial charge in [0.2, 0.25) is 5.91 Å². The summed E-state index contributed by atoms with van der Waals surface area (Å²) in [5, 5.41) is 6.03. The Morgan fingerprint density at radius 3 is 2.56 bits per heavy atom. The molecule has 1 amide bonds. The monoisotopic (exact) mass is 352 g/mol. The summed E-state index contributed by atoms with van der Waals surface area (Å²) in [7, 11) is 1.66. The van der Waals surface area contributed by atoms with Crippen LogP contribution in [-0.4, -0.2) is 24.3 Å². The lowest BCUT2D eigenvalue weighted by Gasteiger charge is -2.14. The number of hydrogen-bond donors (Lipinski definition) is 1. The maximum Gasteiger partial charge on any atom is 0.231 e. The van der Waals surface area contributed by atoms with Gasteiger partial charge in [-0.2, -0.15) is 0 Å². The van der Waals surface area contributed by atoms with E-state index in [2.05, 4.69) is 10.3 Å². The molecule has 1 heterocycles. The molecule has 0 fully saturated rings. The van der Waals surface area contributed by atoms with Crippen LogP contribution in [0.1, 0.15) is 18.4 Å². The molecule has 0 spiro atoms. The van der Waals surface area contributed by atoms with Crippen LogP contribution in [-0.2, 0) is 4.79 Å². The molecular weight excluding hydrogens is 332 g/mol. The first-order valence-electron chi connectivity index (χ1n) is 7.99. The minimum atomic E-state index is -0.258. The lowest BCUT2D eigenvalue weighted by molar-refractivity contribution is -0.117. The van der Waals surface area contributed by atoms with Crippen molar-refractivity contribution in [2.24, 2.45) is 0 Å². The first-order valence-corrected chi connectivity index (χ1v) is 9.22. The van der Waals surface area contributed by atoms with E-state index in [-0.39, 0.29) is 11.8 Å². The molecule has 128 valence electrons. The minimum absolute atomic E-state index is 0.0495. The number of nitrogens with zero attached hydrogens (tertiary/aromatic N) is 1. The number of nitrogens with one attached hydrogen (secondary N) is 1. The number of benzene rings is 2. The number of thioether (sulfide) groups is 1. The smallest absolute Gasteiger partial charge is 0.231 e. The molecule has 25 heavy (non-hydrogen) atoms. The van der Waals surface area contributed by atoms with E-state index in [1.807, 2.05) is 61.7 Å². The van der Waals surface area contributed by atoms with E-state index in [1.165, 1.54) is 0 Å². The summed E-state index contributed by atoms with van der Waals surface area (Å²) in [6.07, 6.45) is 3.65. The first-order chi connectivity index (χ1) is 12.1. The predicted molar refractivity (Wildman–Crippen MR) is 104 cm³/mol. The Hall–Kier alpha value is -2.53. The van der Waals surface area contributed by atoms with Gasteiger partial charge in [-0.15, -0.1) is 11.8 Å². The van der Waals surface area contributed by atoms with Crippen LogP contribution in [0.25, 0.3) is 10.8 Å². The van der Waals surface area contributed by atoms with Gasteiger partial charge in [-0.3, -0.25) is 4.79 Å². The van der Waals surface area contributed by atoms with Gasteiger partial charge < -0.3 is 10.1 Å². The minimum Gasteiger partial charge on any atom is -0.497 e. The Labute approximate surface area is 151 Å². The van der Waals surface area contributed by atoms with Gasteiger partial charge in [0.1, 0.15) is 5.75 Å². The average Bonchev–Trinajstić information content (AvgIpc) is 2.67. The van der Waals surface area contributed by atoms with Crippen LogP contribution in [0.5, 0.6) is 5.75 Å². The van der Waals surface area contributed by atoms with Gasteiger partial charge in [-0.25, -0.2) is 4.98 Å². The molecule has 1 aromatic heterocycles. The Balaban J connectivity index is 1.77. The zero-order chi connectivity index (χ0) is 17.8. The molecular formula is C20H20N2O2S. The average molecular weight is 352 g/mol. The van der Waals surface area contributed by atoms with E-state index in [1.54, 1.807) is 25.1 Å². The largest absolute Gasteiger partial charge is 0.497 e. The normalized spacial score (nSPS) is 12.0. The highest BCUT2D eigenvalue weighted by molar-refractivity contribution is 7.98. The van der Waals surface area contributed by atoms with E-state index in [0.717, 1.165) is 27.1 Å². The second kappa shape index (κ2) is 7.57. The van der Waals surface area contributed by atoms with Crippen LogP contribution >= 0.6 is 11.8 Å². The fourth-order valence-corrected chi connectivity index (χ4v) is 2.98. The molecule has 4 nitrogen and oxygen atoms in total. The number of carbonyl (C=O) groups excluding carboxylic acids is 1. The van der Waals surface area contributed by atoms with Crippen molar-refractivity contribution in [2.45, 2.75) is 17.9 Å². The SMILES string of the molecule is COc1ccc2cc([C@H](C)C(=O)Nc3ccc(SC)nc3)ccc2c1. The van der Waals surface area contributed by atoms with Gasteiger partial charge in [-0.1, -0.05) is 24.3 Å². The molecule has 0 saturated carbocycles. The molecule has 0 aliphatic heterocycles. The van der Waals surface area contributed by atoms with Crippen molar-refractivity contribution in [2.75, 3.05) is 18.7 Å². The molecule has 1 N–H and O–H groups in total. The fourth-order valence-electron chi connectivity index (χ4n) is 2.62. The predicted octanol–water partition coefficient (Wildman–Crippen LogP) is 4.71. The quantitative estimate of drug-likeness (QED) is 0.676. The van der Waals surface area contributed by atoms with Crippen molar-refractivity contribution < 1.29 is 9.53 Å². The Morgan fingerprint density at radius 1 is 1.12 bits per heavy atom. The van der Waals surface area contributed by atoms with Crippen molar-refractivity contribution in [1.29, 1.82) is 0 Å². The molecule has 0 aliphatic carbocycles. The number of methoxy groups -OCH3 is 1. The van der Waals surface area contributed by atoms with Crippen molar-refractivity contribution in [3.63, 3.8) is 0 Å². The molecule has 0 aliphatic rings. The summed E-state index contributed by atoms with van der Waals surface area (Å²) in [6, 6.07) is 15.7. The zero-order valence-electron chi connectivity index (χ0n) is 14.4. The Kier molecular flexibility index (Phi) is 5.24. The number of pyridine rings is 1. The molecule has 2 aromatic carbocycles. The third-order valence-corrected chi connectivity index (χ3v) is 4.84. The van der Waals surface area contributed by atoms with Gasteiger partial charge in [0.25, 0.3) is 0 Å². The molecule has 5 heteroatoms. The second-order valence-corrected chi connectivity index (χ2v) is 6.60. The van der Waals surface area contributed by atoms with Crippen molar-refractivity contribution in [1.82, 2.24) is 4.98 Å². The Morgan fingerprint density at radius 2 is 1.88 bits per heavy atom. The Bertz CT molecular complexity index is 894. The molecule has 0 unspecified atom stereocenters. The van der Waals surface area contributed by atoms with Crippen LogP contribution in [0.2, 0.25) is 0 Å². The van der Waals surface area contributed by atoms with Gasteiger partial charge in [0, 0.05) is 0 Å². The van der Waals surface area contributed by atoms with Gasteiger partial charge in [-0.05, 0) is 53.8 Å². The number of anilines is 1. The number of aromatic nitrogens is 1. The number of amides is 1. The molecule has 0 saturated heterocycles. The third kappa shape index (κ3) is 3.94. The molecule has 0 radical (unpaired) electrons. The number of ether oxygens (including phenoxy) is 1. The van der Waals surface area contributed by atoms with Crippen LogP contribution in [0, 0.1) is 0 Å². The molecule has 1 atom stereocenters. The van der Waals surface area contributed by atoms with E-state index in [9.17, 15) is 4.79 Å². The van der Waals surface area contributed by atoms with Crippen molar-refractivity contribution in [3.05, 3.63) is 60.3 Å². The van der Waals surface area contributed by atoms with Crippen LogP contribution in [0.3, 0.4) is 0 Å². The summed E-state index contributed by atoms with van der Waals surface area (Å²) < 4.78 is 5.25. The maximum absolute atomic E-state index is 12.5. The van der Waals surface area contributed by atoms with Crippen LogP contribution in [0.15, 0.2) is 59.8 Å². The molecule has 3 rings (SSSR count). The summed E-state index contributed by atoms with van der Waals surface area (Å²) in [5.74, 6) is 0.519. The third-order valence-electron chi connectivity index (χ3n) is 4.18. The van der Waals surface area contributed by atoms with Gasteiger partial charge >= 0.3 is 0 Å². The topological polar surface area (TPSA) is 51.2 Å². The van der Waals surface area contributed by atoms with E-state index < -0.39 is 0 Å². The maximum atomic E-state index is 12.5. The second-order valence-electron chi connectivity index (χ2n) is 5.77. The highest BCUT2D eigenvalue weighted by Gasteiger charge is 2.16. The van der Waals surface area contributed by atoms with E-state index in [4.69, 9.17) is 4.74 Å². The van der Waals surface area contributed by atoms with Crippen molar-refractivity contribution in [3.8, 4) is 5.75 Å². The number of hydrogen-bond acceptors (Lipinski definition) is 4. The standard InChI is InChI=1S/C20H20N2O2S/c1-13(20(23)22-17-7-9-19(25-3)21-12-17)14-4-5-16-11-18(24-2)8-6-15(16)10-14/h4-13H,1-3H3,(H,22,23)/t13-/m0/s1. The first kappa shape index (κ1) is 17.3. The number of fused-ring (bicyclic) bond motifs is 1. The summed E-state index contributed by atoms with van der Waals surface area (Å²) >= 11 is 1.57. The van der Waals surface area contributed by atoms with E-state index >= 15 is 0 Å². The van der Waals surface area contributed by atoms with Crippen molar-refractivity contribution >= 4 is 34.1 Å². The van der Waals surface area contributed by atoms with Crippen LogP contribution < -0.4 is 10.1 Å². The number of rotatable bonds is 5. The summed E-state index contributed by atoms with van der Waals surface area (Å²) in [4.78, 5) is 16.8. The highest BCUT2D eigenvalue weighted by Crippen LogP contribution is 2.26. The number of carbonyl (C=O) groups is 1. The van der Waals surface area contributed by atoms with E-state index in [0.29, 0.717) is 5.69 Å². The zero-order valence-corrected chi connectivity index (χ0v) is 15.3. The molecule has 0 bridgehead atoms. The summed E-state index contributed by atoms with van der Waals surface area (Å²) in [5.41, 5.74) is 1.68. The van der Waals surface area contributed by atoms with Gasteiger partial charge in [0.05, 0.1) is 29.9 Å². The lowest BCUT2D eigenvalue weighted by Crippen LogP contribution is -2.18. The highest BCUT2D eigenvalue weighted by atomic mass is 32.2. The van der Waals surface area contributed by atoms with Crippen LogP contribution in [0.4, 0.5) is 5.69 Å². The lowest BCUT2D eigenvalue weighted by atomic mass is 9.97. The summed E-state index contributed by atoms with van der Waals surface area (Å²) in [6.45, 7) is 1.91. The van der Waals surface area contributed by atoms with Gasteiger partial charge in [0.15, 0.2) is 0 Å².